The van der Waals surface area contributed by atoms with E-state index < -0.39 is 0 Å². The second kappa shape index (κ2) is 5.06. The molecular formula is C11H17ClN4O. The summed E-state index contributed by atoms with van der Waals surface area (Å²) in [4.78, 5) is 13.5. The first-order chi connectivity index (χ1) is 8.09. The summed E-state index contributed by atoms with van der Waals surface area (Å²) in [5.74, 6) is 0.444. The van der Waals surface area contributed by atoms with Gasteiger partial charge in [-0.15, -0.1) is 0 Å². The number of rotatable bonds is 2. The second-order valence-corrected chi connectivity index (χ2v) is 4.98. The molecule has 2 rings (SSSR count). The van der Waals surface area contributed by atoms with Crippen molar-refractivity contribution in [3.05, 3.63) is 21.6 Å². The number of hydrogen-bond acceptors (Lipinski definition) is 4. The Balaban J connectivity index is 2.22. The zero-order valence-electron chi connectivity index (χ0n) is 9.82. The van der Waals surface area contributed by atoms with E-state index in [-0.39, 0.29) is 16.6 Å². The normalized spacial score (nSPS) is 22.5. The molecule has 0 radical (unpaired) electrons. The van der Waals surface area contributed by atoms with Crippen molar-refractivity contribution in [1.82, 2.24) is 10.2 Å². The molecule has 1 aromatic heterocycles. The molecule has 0 amide bonds. The Kier molecular flexibility index (Phi) is 3.69. The highest BCUT2D eigenvalue weighted by atomic mass is 35.5. The van der Waals surface area contributed by atoms with Crippen molar-refractivity contribution < 1.29 is 0 Å². The summed E-state index contributed by atoms with van der Waals surface area (Å²) >= 11 is 6.00. The van der Waals surface area contributed by atoms with E-state index >= 15 is 0 Å². The molecule has 6 heteroatoms. The van der Waals surface area contributed by atoms with Gasteiger partial charge < -0.3 is 10.6 Å². The molecule has 0 bridgehead atoms. The summed E-state index contributed by atoms with van der Waals surface area (Å²) < 4.78 is 0. The molecule has 1 aromatic rings. The fourth-order valence-electron chi connectivity index (χ4n) is 2.25. The molecule has 1 fully saturated rings. The van der Waals surface area contributed by atoms with E-state index in [0.29, 0.717) is 11.6 Å². The van der Waals surface area contributed by atoms with Crippen molar-refractivity contribution in [2.75, 3.05) is 18.0 Å². The number of H-pyrrole nitrogens is 1. The Morgan fingerprint density at radius 1 is 1.71 bits per heavy atom. The molecule has 3 N–H and O–H groups in total. The second-order valence-electron chi connectivity index (χ2n) is 4.61. The number of piperidine rings is 1. The number of nitrogens with zero attached hydrogens (tertiary/aromatic N) is 2. The molecule has 1 aliphatic heterocycles. The molecule has 2 atom stereocenters. The van der Waals surface area contributed by atoms with E-state index in [9.17, 15) is 4.79 Å². The van der Waals surface area contributed by atoms with Crippen molar-refractivity contribution in [3.63, 3.8) is 0 Å². The molecule has 2 heterocycles. The van der Waals surface area contributed by atoms with Gasteiger partial charge in [-0.05, 0) is 25.7 Å². The number of hydrogen-bond donors (Lipinski definition) is 2. The Morgan fingerprint density at radius 3 is 3.18 bits per heavy atom. The predicted molar refractivity (Wildman–Crippen MR) is 68.5 cm³/mol. The summed E-state index contributed by atoms with van der Waals surface area (Å²) in [5, 5.41) is 6.33. The van der Waals surface area contributed by atoms with Crippen LogP contribution in [0.3, 0.4) is 0 Å². The molecule has 1 aliphatic rings. The van der Waals surface area contributed by atoms with Crippen LogP contribution < -0.4 is 16.2 Å². The summed E-state index contributed by atoms with van der Waals surface area (Å²) in [6.45, 7) is 3.75. The van der Waals surface area contributed by atoms with Gasteiger partial charge in [-0.1, -0.05) is 11.6 Å². The van der Waals surface area contributed by atoms with Crippen molar-refractivity contribution in [2.45, 2.75) is 25.8 Å². The van der Waals surface area contributed by atoms with E-state index in [1.165, 1.54) is 0 Å². The van der Waals surface area contributed by atoms with Crippen LogP contribution in [0, 0.1) is 5.92 Å². The van der Waals surface area contributed by atoms with Gasteiger partial charge in [-0.25, -0.2) is 5.10 Å². The first-order valence-corrected chi connectivity index (χ1v) is 6.21. The number of nitrogens with one attached hydrogen (secondary N) is 1. The first-order valence-electron chi connectivity index (χ1n) is 5.83. The Labute approximate surface area is 105 Å². The lowest BCUT2D eigenvalue weighted by Gasteiger charge is -2.36. The summed E-state index contributed by atoms with van der Waals surface area (Å²) in [6, 6.07) is 0.159. The largest absolute Gasteiger partial charge is 0.369 e. The minimum Gasteiger partial charge on any atom is -0.369 e. The minimum atomic E-state index is -0.341. The van der Waals surface area contributed by atoms with Crippen molar-refractivity contribution in [3.8, 4) is 0 Å². The first kappa shape index (κ1) is 12.4. The third-order valence-electron chi connectivity index (χ3n) is 3.32. The summed E-state index contributed by atoms with van der Waals surface area (Å²) in [7, 11) is 0. The maximum Gasteiger partial charge on any atom is 0.285 e. The molecule has 0 spiro atoms. The zero-order chi connectivity index (χ0) is 12.4. The number of anilines is 1. The van der Waals surface area contributed by atoms with Crippen LogP contribution in [0.25, 0.3) is 0 Å². The maximum absolute atomic E-state index is 11.4. The maximum atomic E-state index is 11.4. The van der Waals surface area contributed by atoms with Crippen LogP contribution in [-0.4, -0.2) is 29.3 Å². The van der Waals surface area contributed by atoms with E-state index in [1.54, 1.807) is 6.20 Å². The molecule has 17 heavy (non-hydrogen) atoms. The summed E-state index contributed by atoms with van der Waals surface area (Å²) in [6.07, 6.45) is 3.80. The SMILES string of the molecule is CC(N)C1CCCN(c2cn[nH]c(=O)c2Cl)C1. The molecule has 94 valence electrons. The highest BCUT2D eigenvalue weighted by molar-refractivity contribution is 6.32. The van der Waals surface area contributed by atoms with Crippen LogP contribution >= 0.6 is 11.6 Å². The molecule has 5 nitrogen and oxygen atoms in total. The van der Waals surface area contributed by atoms with E-state index in [0.717, 1.165) is 25.9 Å². The van der Waals surface area contributed by atoms with Crippen LogP contribution in [0.15, 0.2) is 11.0 Å². The van der Waals surface area contributed by atoms with Gasteiger partial charge in [0.15, 0.2) is 0 Å². The highest BCUT2D eigenvalue weighted by Gasteiger charge is 2.24. The Hall–Kier alpha value is -1.07. The standard InChI is InChI=1S/C11H17ClN4O/c1-7(13)8-3-2-4-16(6-8)9-5-14-15-11(17)10(9)12/h5,7-8H,2-4,6,13H2,1H3,(H,15,17). The summed E-state index contributed by atoms with van der Waals surface area (Å²) in [5.41, 5.74) is 6.30. The molecule has 0 aliphatic carbocycles. The van der Waals surface area contributed by atoms with E-state index in [4.69, 9.17) is 17.3 Å². The monoisotopic (exact) mass is 256 g/mol. The van der Waals surface area contributed by atoms with Crippen molar-refractivity contribution >= 4 is 17.3 Å². The van der Waals surface area contributed by atoms with Crippen LogP contribution in [0.4, 0.5) is 5.69 Å². The molecule has 0 saturated carbocycles. The lowest BCUT2D eigenvalue weighted by Crippen LogP contribution is -2.43. The van der Waals surface area contributed by atoms with Gasteiger partial charge in [0.2, 0.25) is 0 Å². The topological polar surface area (TPSA) is 75.0 Å². The van der Waals surface area contributed by atoms with Gasteiger partial charge in [0.05, 0.1) is 11.9 Å². The third-order valence-corrected chi connectivity index (χ3v) is 3.68. The molecular weight excluding hydrogens is 240 g/mol. The fourth-order valence-corrected chi connectivity index (χ4v) is 2.46. The fraction of sp³-hybridized carbons (Fsp3) is 0.636. The van der Waals surface area contributed by atoms with Crippen LogP contribution in [0.5, 0.6) is 0 Å². The predicted octanol–water partition coefficient (Wildman–Crippen LogP) is 0.987. The van der Waals surface area contributed by atoms with E-state index in [2.05, 4.69) is 15.1 Å². The van der Waals surface area contributed by atoms with Gasteiger partial charge in [0.1, 0.15) is 5.02 Å². The minimum absolute atomic E-state index is 0.159. The third kappa shape index (κ3) is 2.61. The van der Waals surface area contributed by atoms with Crippen molar-refractivity contribution in [1.29, 1.82) is 0 Å². The lowest BCUT2D eigenvalue weighted by atomic mass is 9.92. The van der Waals surface area contributed by atoms with Gasteiger partial charge in [-0.3, -0.25) is 4.79 Å². The molecule has 0 aromatic carbocycles. The Bertz CT molecular complexity index is 445. The van der Waals surface area contributed by atoms with Gasteiger partial charge in [-0.2, -0.15) is 5.10 Å². The molecule has 2 unspecified atom stereocenters. The Morgan fingerprint density at radius 2 is 2.47 bits per heavy atom. The number of halogens is 1. The van der Waals surface area contributed by atoms with Gasteiger partial charge in [0, 0.05) is 19.1 Å². The van der Waals surface area contributed by atoms with Gasteiger partial charge in [0.25, 0.3) is 5.56 Å². The number of nitrogens with two attached hydrogens (primary N) is 1. The van der Waals surface area contributed by atoms with Crippen molar-refractivity contribution in [2.24, 2.45) is 11.7 Å². The average Bonchev–Trinajstić information content (AvgIpc) is 2.33. The smallest absolute Gasteiger partial charge is 0.285 e. The molecule has 1 saturated heterocycles. The lowest BCUT2D eigenvalue weighted by molar-refractivity contribution is 0.364. The van der Waals surface area contributed by atoms with Gasteiger partial charge >= 0.3 is 0 Å². The van der Waals surface area contributed by atoms with E-state index in [1.807, 2.05) is 6.92 Å². The highest BCUT2D eigenvalue weighted by Crippen LogP contribution is 2.27. The quantitative estimate of drug-likeness (QED) is 0.827. The van der Waals surface area contributed by atoms with Crippen LogP contribution in [-0.2, 0) is 0 Å². The number of aromatic nitrogens is 2. The average molecular weight is 257 g/mol. The van der Waals surface area contributed by atoms with Crippen LogP contribution in [0.2, 0.25) is 5.02 Å². The zero-order valence-corrected chi connectivity index (χ0v) is 10.6. The number of aromatic amines is 1. The van der Waals surface area contributed by atoms with Crippen LogP contribution in [0.1, 0.15) is 19.8 Å².